The van der Waals surface area contributed by atoms with Gasteiger partial charge in [-0.2, -0.15) is 0 Å². The van der Waals surface area contributed by atoms with Crippen LogP contribution in [0.15, 0.2) is 73.2 Å². The van der Waals surface area contributed by atoms with Gasteiger partial charge in [-0.1, -0.05) is 36.4 Å². The van der Waals surface area contributed by atoms with E-state index in [1.807, 2.05) is 43.7 Å². The van der Waals surface area contributed by atoms with Crippen molar-refractivity contribution in [2.75, 3.05) is 7.05 Å². The van der Waals surface area contributed by atoms with E-state index < -0.39 is 0 Å². The minimum Gasteiger partial charge on any atom is -0.313 e. The van der Waals surface area contributed by atoms with Gasteiger partial charge in [0.1, 0.15) is 0 Å². The minimum atomic E-state index is 0.273. The Labute approximate surface area is 131 Å². The lowest BCUT2D eigenvalue weighted by Crippen LogP contribution is -2.18. The molecule has 0 radical (unpaired) electrons. The van der Waals surface area contributed by atoms with Gasteiger partial charge >= 0.3 is 0 Å². The molecular weight excluding hydrogens is 270 g/mol. The van der Waals surface area contributed by atoms with Crippen molar-refractivity contribution in [3.8, 4) is 11.3 Å². The standard InChI is InChI=1S/C19H19N3/c1-20-19(17-5-4-11-21-14-17)13-15-7-9-16(10-8-15)18-6-2-3-12-22-18/h2-12,14,19-20H,13H2,1H3. The fourth-order valence-electron chi connectivity index (χ4n) is 2.55. The molecule has 3 rings (SSSR count). The normalized spacial score (nSPS) is 12.0. The van der Waals surface area contributed by atoms with Gasteiger partial charge in [0.2, 0.25) is 0 Å². The Hall–Kier alpha value is -2.52. The molecule has 0 saturated heterocycles. The molecule has 3 heteroatoms. The minimum absolute atomic E-state index is 0.273. The van der Waals surface area contributed by atoms with E-state index in [-0.39, 0.29) is 6.04 Å². The Morgan fingerprint density at radius 2 is 1.82 bits per heavy atom. The summed E-state index contributed by atoms with van der Waals surface area (Å²) in [6, 6.07) is 18.9. The molecular formula is C19H19N3. The molecule has 0 fully saturated rings. The third-order valence-corrected chi connectivity index (χ3v) is 3.79. The first-order valence-electron chi connectivity index (χ1n) is 7.44. The molecule has 22 heavy (non-hydrogen) atoms. The molecule has 0 amide bonds. The molecule has 1 aromatic carbocycles. The van der Waals surface area contributed by atoms with Gasteiger partial charge in [-0.25, -0.2) is 0 Å². The highest BCUT2D eigenvalue weighted by molar-refractivity contribution is 5.59. The number of nitrogens with zero attached hydrogens (tertiary/aromatic N) is 2. The van der Waals surface area contributed by atoms with Gasteiger partial charge in [0, 0.05) is 30.2 Å². The van der Waals surface area contributed by atoms with Gasteiger partial charge in [0.05, 0.1) is 5.69 Å². The first-order chi connectivity index (χ1) is 10.9. The molecule has 1 N–H and O–H groups in total. The van der Waals surface area contributed by atoms with Crippen molar-refractivity contribution in [2.45, 2.75) is 12.5 Å². The Morgan fingerprint density at radius 3 is 2.45 bits per heavy atom. The zero-order valence-electron chi connectivity index (χ0n) is 12.6. The van der Waals surface area contributed by atoms with Gasteiger partial charge in [-0.15, -0.1) is 0 Å². The summed E-state index contributed by atoms with van der Waals surface area (Å²) in [5, 5.41) is 3.36. The summed E-state index contributed by atoms with van der Waals surface area (Å²) in [7, 11) is 1.99. The fourth-order valence-corrected chi connectivity index (χ4v) is 2.55. The molecule has 3 aromatic rings. The molecule has 3 nitrogen and oxygen atoms in total. The Balaban J connectivity index is 1.76. The van der Waals surface area contributed by atoms with Crippen molar-refractivity contribution in [3.63, 3.8) is 0 Å². The van der Waals surface area contributed by atoms with Crippen LogP contribution >= 0.6 is 0 Å². The first-order valence-corrected chi connectivity index (χ1v) is 7.44. The van der Waals surface area contributed by atoms with E-state index >= 15 is 0 Å². The number of hydrogen-bond acceptors (Lipinski definition) is 3. The first kappa shape index (κ1) is 14.4. The van der Waals surface area contributed by atoms with E-state index in [1.54, 1.807) is 6.20 Å². The summed E-state index contributed by atoms with van der Waals surface area (Å²) in [6.07, 6.45) is 6.48. The molecule has 2 heterocycles. The molecule has 0 aliphatic carbocycles. The molecule has 0 aliphatic heterocycles. The largest absolute Gasteiger partial charge is 0.313 e. The second-order valence-electron chi connectivity index (χ2n) is 5.24. The highest BCUT2D eigenvalue weighted by atomic mass is 14.9. The van der Waals surface area contributed by atoms with Crippen LogP contribution in [0.4, 0.5) is 0 Å². The molecule has 0 saturated carbocycles. The van der Waals surface area contributed by atoms with Crippen LogP contribution in [0.1, 0.15) is 17.2 Å². The number of likely N-dealkylation sites (N-methyl/N-ethyl adjacent to an activating group) is 1. The predicted octanol–water partition coefficient (Wildman–Crippen LogP) is 3.65. The highest BCUT2D eigenvalue weighted by Gasteiger charge is 2.10. The van der Waals surface area contributed by atoms with E-state index in [4.69, 9.17) is 0 Å². The second-order valence-corrected chi connectivity index (χ2v) is 5.24. The summed E-state index contributed by atoms with van der Waals surface area (Å²) in [5.41, 5.74) is 4.65. The number of nitrogens with one attached hydrogen (secondary N) is 1. The molecule has 1 unspecified atom stereocenters. The fraction of sp³-hybridized carbons (Fsp3) is 0.158. The van der Waals surface area contributed by atoms with E-state index in [9.17, 15) is 0 Å². The summed E-state index contributed by atoms with van der Waals surface area (Å²) in [5.74, 6) is 0. The zero-order valence-corrected chi connectivity index (χ0v) is 12.6. The Morgan fingerprint density at radius 1 is 0.955 bits per heavy atom. The monoisotopic (exact) mass is 289 g/mol. The lowest BCUT2D eigenvalue weighted by atomic mass is 9.99. The number of benzene rings is 1. The van der Waals surface area contributed by atoms with Crippen LogP contribution in [0.25, 0.3) is 11.3 Å². The average molecular weight is 289 g/mol. The topological polar surface area (TPSA) is 37.8 Å². The van der Waals surface area contributed by atoms with Crippen molar-refractivity contribution >= 4 is 0 Å². The molecule has 1 atom stereocenters. The van der Waals surface area contributed by atoms with E-state index in [0.29, 0.717) is 0 Å². The van der Waals surface area contributed by atoms with Crippen molar-refractivity contribution in [3.05, 3.63) is 84.3 Å². The molecule has 0 spiro atoms. The number of rotatable bonds is 5. The highest BCUT2D eigenvalue weighted by Crippen LogP contribution is 2.21. The van der Waals surface area contributed by atoms with Crippen LogP contribution in [-0.4, -0.2) is 17.0 Å². The maximum atomic E-state index is 4.38. The second kappa shape index (κ2) is 6.96. The van der Waals surface area contributed by atoms with Crippen molar-refractivity contribution in [2.24, 2.45) is 0 Å². The van der Waals surface area contributed by atoms with E-state index in [1.165, 1.54) is 11.1 Å². The predicted molar refractivity (Wildman–Crippen MR) is 89.4 cm³/mol. The van der Waals surface area contributed by atoms with Crippen molar-refractivity contribution in [1.82, 2.24) is 15.3 Å². The Kier molecular flexibility index (Phi) is 4.56. The maximum Gasteiger partial charge on any atom is 0.0701 e. The molecule has 0 bridgehead atoms. The average Bonchev–Trinajstić information content (AvgIpc) is 2.62. The van der Waals surface area contributed by atoms with E-state index in [2.05, 4.69) is 45.6 Å². The van der Waals surface area contributed by atoms with Gasteiger partial charge < -0.3 is 5.32 Å². The van der Waals surface area contributed by atoms with Crippen LogP contribution in [0.2, 0.25) is 0 Å². The molecule has 0 aliphatic rings. The van der Waals surface area contributed by atoms with Crippen LogP contribution in [0.5, 0.6) is 0 Å². The molecule has 2 aromatic heterocycles. The third kappa shape index (κ3) is 3.38. The lowest BCUT2D eigenvalue weighted by Gasteiger charge is -2.16. The van der Waals surface area contributed by atoms with Crippen LogP contribution in [-0.2, 0) is 6.42 Å². The van der Waals surface area contributed by atoms with Gasteiger partial charge in [-0.3, -0.25) is 9.97 Å². The van der Waals surface area contributed by atoms with Crippen LogP contribution in [0.3, 0.4) is 0 Å². The number of aromatic nitrogens is 2. The summed E-state index contributed by atoms with van der Waals surface area (Å²) in [4.78, 5) is 8.58. The van der Waals surface area contributed by atoms with Crippen LogP contribution in [0, 0.1) is 0 Å². The summed E-state index contributed by atoms with van der Waals surface area (Å²) in [6.45, 7) is 0. The summed E-state index contributed by atoms with van der Waals surface area (Å²) >= 11 is 0. The van der Waals surface area contributed by atoms with E-state index in [0.717, 1.165) is 17.7 Å². The van der Waals surface area contributed by atoms with Crippen molar-refractivity contribution in [1.29, 1.82) is 0 Å². The van der Waals surface area contributed by atoms with Crippen molar-refractivity contribution < 1.29 is 0 Å². The Bertz CT molecular complexity index is 694. The van der Waals surface area contributed by atoms with Gasteiger partial charge in [0.15, 0.2) is 0 Å². The lowest BCUT2D eigenvalue weighted by molar-refractivity contribution is 0.590. The quantitative estimate of drug-likeness (QED) is 0.779. The van der Waals surface area contributed by atoms with Crippen LogP contribution < -0.4 is 5.32 Å². The number of pyridine rings is 2. The SMILES string of the molecule is CNC(Cc1ccc(-c2ccccn2)cc1)c1cccnc1. The van der Waals surface area contributed by atoms with Gasteiger partial charge in [-0.05, 0) is 42.8 Å². The summed E-state index contributed by atoms with van der Waals surface area (Å²) < 4.78 is 0. The molecule has 110 valence electrons. The number of hydrogen-bond donors (Lipinski definition) is 1. The maximum absolute atomic E-state index is 4.38. The zero-order chi connectivity index (χ0) is 15.2. The third-order valence-electron chi connectivity index (χ3n) is 3.79. The van der Waals surface area contributed by atoms with Gasteiger partial charge in [0.25, 0.3) is 0 Å². The smallest absolute Gasteiger partial charge is 0.0701 e.